The van der Waals surface area contributed by atoms with E-state index in [2.05, 4.69) is 4.90 Å². The highest BCUT2D eigenvalue weighted by Crippen LogP contribution is 2.18. The molecule has 0 bridgehead atoms. The number of para-hydroxylation sites is 1. The molecule has 0 aliphatic heterocycles. The molecule has 4 nitrogen and oxygen atoms in total. The molecule has 1 aromatic carbocycles. The summed E-state index contributed by atoms with van der Waals surface area (Å²) in [5.74, 6) is 0.0143. The molecule has 0 unspecified atom stereocenters. The molecule has 0 aliphatic carbocycles. The molecule has 1 aromatic rings. The lowest BCUT2D eigenvalue weighted by Gasteiger charge is -2.17. The van der Waals surface area contributed by atoms with Gasteiger partial charge in [0.1, 0.15) is 5.75 Å². The molecule has 0 spiro atoms. The van der Waals surface area contributed by atoms with Gasteiger partial charge in [-0.2, -0.15) is 0 Å². The van der Waals surface area contributed by atoms with Gasteiger partial charge in [-0.25, -0.2) is 4.79 Å². The standard InChI is InChI=1S/C15H21NO3/c1-4-12(15(17)18)9-10-16(2)11-13-7-5-6-8-14(13)19-3/h5-9H,4,10-11H2,1-3H3,(H,17,18). The van der Waals surface area contributed by atoms with Crippen LogP contribution in [-0.4, -0.2) is 36.7 Å². The molecule has 0 saturated carbocycles. The Morgan fingerprint density at radius 3 is 2.68 bits per heavy atom. The third-order valence-electron chi connectivity index (χ3n) is 2.94. The number of ether oxygens (including phenoxy) is 1. The van der Waals surface area contributed by atoms with Crippen LogP contribution in [0.3, 0.4) is 0 Å². The van der Waals surface area contributed by atoms with Gasteiger partial charge >= 0.3 is 5.97 Å². The Labute approximate surface area is 114 Å². The van der Waals surface area contributed by atoms with Gasteiger partial charge in [-0.15, -0.1) is 0 Å². The highest BCUT2D eigenvalue weighted by Gasteiger charge is 2.07. The van der Waals surface area contributed by atoms with Gasteiger partial charge in [0.15, 0.2) is 0 Å². The zero-order valence-electron chi connectivity index (χ0n) is 11.7. The number of benzene rings is 1. The Bertz CT molecular complexity index is 454. The molecule has 0 heterocycles. The van der Waals surface area contributed by atoms with E-state index in [-0.39, 0.29) is 0 Å². The van der Waals surface area contributed by atoms with E-state index in [1.807, 2.05) is 38.2 Å². The zero-order chi connectivity index (χ0) is 14.3. The summed E-state index contributed by atoms with van der Waals surface area (Å²) in [6, 6.07) is 7.84. The van der Waals surface area contributed by atoms with Crippen LogP contribution in [0.4, 0.5) is 0 Å². The number of carboxylic acids is 1. The van der Waals surface area contributed by atoms with Crippen molar-refractivity contribution < 1.29 is 14.6 Å². The van der Waals surface area contributed by atoms with E-state index < -0.39 is 5.97 Å². The molecule has 104 valence electrons. The number of nitrogens with zero attached hydrogens (tertiary/aromatic N) is 1. The van der Waals surface area contributed by atoms with Gasteiger partial charge in [0.25, 0.3) is 0 Å². The third kappa shape index (κ3) is 4.75. The fourth-order valence-corrected chi connectivity index (χ4v) is 1.84. The van der Waals surface area contributed by atoms with Crippen molar-refractivity contribution in [3.8, 4) is 5.75 Å². The second-order valence-electron chi connectivity index (χ2n) is 4.40. The predicted molar refractivity (Wildman–Crippen MR) is 75.3 cm³/mol. The molecular formula is C15H21NO3. The first-order valence-electron chi connectivity index (χ1n) is 6.31. The lowest BCUT2D eigenvalue weighted by Crippen LogP contribution is -2.19. The SMILES string of the molecule is CCC(=CCN(C)Cc1ccccc1OC)C(=O)O. The summed E-state index contributed by atoms with van der Waals surface area (Å²) in [5, 5.41) is 8.95. The van der Waals surface area contributed by atoms with Crippen LogP contribution in [0.2, 0.25) is 0 Å². The molecule has 19 heavy (non-hydrogen) atoms. The first kappa shape index (κ1) is 15.2. The number of carboxylic acid groups (broad SMARTS) is 1. The number of rotatable bonds is 7. The van der Waals surface area contributed by atoms with Crippen molar-refractivity contribution in [1.29, 1.82) is 0 Å². The maximum absolute atomic E-state index is 10.9. The van der Waals surface area contributed by atoms with Gasteiger partial charge < -0.3 is 9.84 Å². The van der Waals surface area contributed by atoms with Crippen LogP contribution < -0.4 is 4.74 Å². The molecule has 0 fully saturated rings. The van der Waals surface area contributed by atoms with E-state index in [1.54, 1.807) is 13.2 Å². The van der Waals surface area contributed by atoms with Gasteiger partial charge in [-0.1, -0.05) is 31.2 Å². The summed E-state index contributed by atoms with van der Waals surface area (Å²) in [4.78, 5) is 12.9. The first-order valence-corrected chi connectivity index (χ1v) is 6.31. The number of carbonyl (C=O) groups is 1. The molecule has 1 N–H and O–H groups in total. The van der Waals surface area contributed by atoms with E-state index in [9.17, 15) is 4.79 Å². The van der Waals surface area contributed by atoms with Crippen molar-refractivity contribution in [2.24, 2.45) is 0 Å². The zero-order valence-corrected chi connectivity index (χ0v) is 11.7. The molecular weight excluding hydrogens is 242 g/mol. The van der Waals surface area contributed by atoms with E-state index in [0.29, 0.717) is 18.5 Å². The molecule has 0 aromatic heterocycles. The lowest BCUT2D eigenvalue weighted by molar-refractivity contribution is -0.132. The Kier molecular flexibility index (Phi) is 6.09. The maximum atomic E-state index is 10.9. The van der Waals surface area contributed by atoms with Crippen molar-refractivity contribution in [1.82, 2.24) is 4.90 Å². The number of methoxy groups -OCH3 is 1. The van der Waals surface area contributed by atoms with Crippen LogP contribution in [0.15, 0.2) is 35.9 Å². The highest BCUT2D eigenvalue weighted by molar-refractivity contribution is 5.86. The van der Waals surface area contributed by atoms with Crippen LogP contribution in [0.25, 0.3) is 0 Å². The third-order valence-corrected chi connectivity index (χ3v) is 2.94. The fourth-order valence-electron chi connectivity index (χ4n) is 1.84. The molecule has 0 atom stereocenters. The second kappa shape index (κ2) is 7.59. The van der Waals surface area contributed by atoms with Gasteiger partial charge in [-0.05, 0) is 19.5 Å². The van der Waals surface area contributed by atoms with Gasteiger partial charge in [-0.3, -0.25) is 4.90 Å². The number of aliphatic carboxylic acids is 1. The second-order valence-corrected chi connectivity index (χ2v) is 4.40. The van der Waals surface area contributed by atoms with Crippen LogP contribution in [0, 0.1) is 0 Å². The Morgan fingerprint density at radius 1 is 1.42 bits per heavy atom. The fraction of sp³-hybridized carbons (Fsp3) is 0.400. The summed E-state index contributed by atoms with van der Waals surface area (Å²) >= 11 is 0. The van der Waals surface area contributed by atoms with Crippen molar-refractivity contribution in [3.05, 3.63) is 41.5 Å². The molecule has 0 radical (unpaired) electrons. The van der Waals surface area contributed by atoms with Gasteiger partial charge in [0, 0.05) is 24.2 Å². The lowest BCUT2D eigenvalue weighted by atomic mass is 10.1. The van der Waals surface area contributed by atoms with Crippen LogP contribution in [-0.2, 0) is 11.3 Å². The van der Waals surface area contributed by atoms with Crippen molar-refractivity contribution in [2.75, 3.05) is 20.7 Å². The smallest absolute Gasteiger partial charge is 0.331 e. The molecule has 4 heteroatoms. The molecule has 1 rings (SSSR count). The minimum Gasteiger partial charge on any atom is -0.496 e. The predicted octanol–water partition coefficient (Wildman–Crippen LogP) is 2.55. The number of hydrogen-bond acceptors (Lipinski definition) is 3. The molecule has 0 saturated heterocycles. The Hall–Kier alpha value is -1.81. The van der Waals surface area contributed by atoms with Gasteiger partial charge in [0.2, 0.25) is 0 Å². The van der Waals surface area contributed by atoms with Crippen LogP contribution in [0.1, 0.15) is 18.9 Å². The van der Waals surface area contributed by atoms with Crippen molar-refractivity contribution in [2.45, 2.75) is 19.9 Å². The number of hydrogen-bond donors (Lipinski definition) is 1. The van der Waals surface area contributed by atoms with Crippen LogP contribution in [0.5, 0.6) is 5.75 Å². The minimum absolute atomic E-state index is 0.451. The average Bonchev–Trinajstić information content (AvgIpc) is 2.39. The van der Waals surface area contributed by atoms with Gasteiger partial charge in [0.05, 0.1) is 7.11 Å². The topological polar surface area (TPSA) is 49.8 Å². The van der Waals surface area contributed by atoms with E-state index >= 15 is 0 Å². The van der Waals surface area contributed by atoms with E-state index in [4.69, 9.17) is 9.84 Å². The number of likely N-dealkylation sites (N-methyl/N-ethyl adjacent to an activating group) is 1. The quantitative estimate of drug-likeness (QED) is 0.768. The van der Waals surface area contributed by atoms with Crippen LogP contribution >= 0.6 is 0 Å². The summed E-state index contributed by atoms with van der Waals surface area (Å²) in [6.07, 6.45) is 2.30. The highest BCUT2D eigenvalue weighted by atomic mass is 16.5. The summed E-state index contributed by atoms with van der Waals surface area (Å²) in [5.41, 5.74) is 1.54. The largest absolute Gasteiger partial charge is 0.496 e. The average molecular weight is 263 g/mol. The molecule has 0 aliphatic rings. The Morgan fingerprint density at radius 2 is 2.11 bits per heavy atom. The maximum Gasteiger partial charge on any atom is 0.331 e. The minimum atomic E-state index is -0.840. The van der Waals surface area contributed by atoms with Crippen molar-refractivity contribution >= 4 is 5.97 Å². The van der Waals surface area contributed by atoms with Crippen molar-refractivity contribution in [3.63, 3.8) is 0 Å². The summed E-state index contributed by atoms with van der Waals surface area (Å²) in [7, 11) is 3.61. The summed E-state index contributed by atoms with van der Waals surface area (Å²) < 4.78 is 5.30. The Balaban J connectivity index is 2.65. The molecule has 0 amide bonds. The van der Waals surface area contributed by atoms with E-state index in [0.717, 1.165) is 17.9 Å². The van der Waals surface area contributed by atoms with E-state index in [1.165, 1.54) is 0 Å². The first-order chi connectivity index (χ1) is 9.08. The normalized spacial score (nSPS) is 11.7. The monoisotopic (exact) mass is 263 g/mol. The summed E-state index contributed by atoms with van der Waals surface area (Å²) in [6.45, 7) is 3.17.